The lowest BCUT2D eigenvalue weighted by Gasteiger charge is -2.06. The highest BCUT2D eigenvalue weighted by atomic mass is 16.5. The zero-order chi connectivity index (χ0) is 15.2. The lowest BCUT2D eigenvalue weighted by molar-refractivity contribution is 0.0595. The number of benzene rings is 1. The van der Waals surface area contributed by atoms with Gasteiger partial charge in [-0.3, -0.25) is 4.79 Å². The molecule has 0 N–H and O–H groups in total. The van der Waals surface area contributed by atoms with Crippen molar-refractivity contribution < 1.29 is 23.5 Å². The third kappa shape index (κ3) is 3.51. The van der Waals surface area contributed by atoms with E-state index in [0.29, 0.717) is 29.1 Å². The lowest BCUT2D eigenvalue weighted by atomic mass is 10.1. The van der Waals surface area contributed by atoms with Crippen LogP contribution < -0.4 is 4.74 Å². The number of carbonyl (C=O) groups is 2. The molecule has 2 rings (SSSR count). The Hall–Kier alpha value is -2.56. The second kappa shape index (κ2) is 6.74. The first-order valence-corrected chi connectivity index (χ1v) is 6.56. The first-order chi connectivity index (χ1) is 10.2. The maximum Gasteiger partial charge on any atom is 0.341 e. The van der Waals surface area contributed by atoms with Crippen LogP contribution in [-0.2, 0) is 11.3 Å². The van der Waals surface area contributed by atoms with E-state index in [0.717, 1.165) is 0 Å². The standard InChI is InChI=1S/C16H16O5/c1-3-14(17)11-4-6-12(7-5-11)21-10-15-13(8-9-20-15)16(18)19-2/h4-9H,3,10H2,1-2H3. The molecule has 110 valence electrons. The Labute approximate surface area is 122 Å². The van der Waals surface area contributed by atoms with Crippen LogP contribution in [0.25, 0.3) is 0 Å². The van der Waals surface area contributed by atoms with Crippen molar-refractivity contribution in [3.63, 3.8) is 0 Å². The third-order valence-corrected chi connectivity index (χ3v) is 3.02. The maximum absolute atomic E-state index is 11.5. The van der Waals surface area contributed by atoms with Crippen molar-refractivity contribution in [3.05, 3.63) is 53.5 Å². The van der Waals surface area contributed by atoms with Gasteiger partial charge in [0.25, 0.3) is 0 Å². The SMILES string of the molecule is CCC(=O)c1ccc(OCc2occc2C(=O)OC)cc1. The Kier molecular flexibility index (Phi) is 4.77. The molecule has 0 bridgehead atoms. The van der Waals surface area contributed by atoms with E-state index < -0.39 is 5.97 Å². The van der Waals surface area contributed by atoms with Gasteiger partial charge in [-0.05, 0) is 30.3 Å². The monoisotopic (exact) mass is 288 g/mol. The number of hydrogen-bond donors (Lipinski definition) is 0. The summed E-state index contributed by atoms with van der Waals surface area (Å²) in [6, 6.07) is 8.38. The van der Waals surface area contributed by atoms with Gasteiger partial charge in [0.05, 0.1) is 13.4 Å². The largest absolute Gasteiger partial charge is 0.486 e. The quantitative estimate of drug-likeness (QED) is 0.603. The predicted octanol–water partition coefficient (Wildman–Crippen LogP) is 3.24. The highest BCUT2D eigenvalue weighted by Crippen LogP contribution is 2.18. The Morgan fingerprint density at radius 1 is 1.14 bits per heavy atom. The Morgan fingerprint density at radius 2 is 1.86 bits per heavy atom. The number of Topliss-reactive ketones (excluding diaryl/α,β-unsaturated/α-hetero) is 1. The second-order valence-electron chi connectivity index (χ2n) is 4.34. The Morgan fingerprint density at radius 3 is 2.48 bits per heavy atom. The van der Waals surface area contributed by atoms with E-state index in [9.17, 15) is 9.59 Å². The summed E-state index contributed by atoms with van der Waals surface area (Å²) >= 11 is 0. The maximum atomic E-state index is 11.5. The van der Waals surface area contributed by atoms with Gasteiger partial charge >= 0.3 is 5.97 Å². The van der Waals surface area contributed by atoms with E-state index in [4.69, 9.17) is 9.15 Å². The van der Waals surface area contributed by atoms with Gasteiger partial charge in [0.2, 0.25) is 0 Å². The van der Waals surface area contributed by atoms with E-state index in [1.54, 1.807) is 24.3 Å². The van der Waals surface area contributed by atoms with E-state index in [2.05, 4.69) is 4.74 Å². The highest BCUT2D eigenvalue weighted by Gasteiger charge is 2.15. The minimum Gasteiger partial charge on any atom is -0.486 e. The highest BCUT2D eigenvalue weighted by molar-refractivity contribution is 5.95. The molecule has 0 spiro atoms. The zero-order valence-electron chi connectivity index (χ0n) is 11.9. The first-order valence-electron chi connectivity index (χ1n) is 6.56. The molecule has 0 aliphatic heterocycles. The Bertz CT molecular complexity index is 624. The molecule has 0 aliphatic rings. The first kappa shape index (κ1) is 14.8. The molecule has 0 aliphatic carbocycles. The number of rotatable bonds is 6. The molecule has 0 saturated carbocycles. The van der Waals surface area contributed by atoms with Crippen LogP contribution in [0.2, 0.25) is 0 Å². The summed E-state index contributed by atoms with van der Waals surface area (Å²) in [5, 5.41) is 0. The van der Waals surface area contributed by atoms with Crippen LogP contribution in [0.1, 0.15) is 39.8 Å². The van der Waals surface area contributed by atoms with E-state index in [1.165, 1.54) is 19.4 Å². The minimum atomic E-state index is -0.466. The fourth-order valence-electron chi connectivity index (χ4n) is 1.83. The average Bonchev–Trinajstić information content (AvgIpc) is 3.00. The van der Waals surface area contributed by atoms with Crippen molar-refractivity contribution in [1.82, 2.24) is 0 Å². The molecule has 5 heteroatoms. The summed E-state index contributed by atoms with van der Waals surface area (Å²) in [7, 11) is 1.31. The van der Waals surface area contributed by atoms with Crippen LogP contribution in [0, 0.1) is 0 Å². The molecule has 0 amide bonds. The van der Waals surface area contributed by atoms with Crippen LogP contribution >= 0.6 is 0 Å². The van der Waals surface area contributed by atoms with Crippen LogP contribution in [0.5, 0.6) is 5.75 Å². The number of hydrogen-bond acceptors (Lipinski definition) is 5. The predicted molar refractivity (Wildman–Crippen MR) is 75.4 cm³/mol. The van der Waals surface area contributed by atoms with Crippen molar-refractivity contribution in [2.45, 2.75) is 20.0 Å². The number of methoxy groups -OCH3 is 1. The van der Waals surface area contributed by atoms with Crippen molar-refractivity contribution in [3.8, 4) is 5.75 Å². The van der Waals surface area contributed by atoms with Crippen LogP contribution in [0.3, 0.4) is 0 Å². The van der Waals surface area contributed by atoms with Gasteiger partial charge in [0, 0.05) is 12.0 Å². The summed E-state index contributed by atoms with van der Waals surface area (Å²) < 4.78 is 15.4. The Balaban J connectivity index is 2.02. The molecule has 1 aromatic carbocycles. The summed E-state index contributed by atoms with van der Waals surface area (Å²) in [6.45, 7) is 1.93. The van der Waals surface area contributed by atoms with Crippen molar-refractivity contribution in [1.29, 1.82) is 0 Å². The third-order valence-electron chi connectivity index (χ3n) is 3.02. The van der Waals surface area contributed by atoms with Gasteiger partial charge < -0.3 is 13.9 Å². The van der Waals surface area contributed by atoms with Crippen molar-refractivity contribution in [2.75, 3.05) is 7.11 Å². The van der Waals surface area contributed by atoms with Gasteiger partial charge in [-0.1, -0.05) is 6.92 Å². The molecular weight excluding hydrogens is 272 g/mol. The number of ketones is 1. The molecule has 1 aromatic heterocycles. The molecule has 0 saturated heterocycles. The smallest absolute Gasteiger partial charge is 0.341 e. The summed E-state index contributed by atoms with van der Waals surface area (Å²) in [4.78, 5) is 23.0. The van der Waals surface area contributed by atoms with Gasteiger partial charge in [-0.25, -0.2) is 4.79 Å². The molecule has 1 heterocycles. The fourth-order valence-corrected chi connectivity index (χ4v) is 1.83. The van der Waals surface area contributed by atoms with Crippen LogP contribution in [0.4, 0.5) is 0 Å². The minimum absolute atomic E-state index is 0.0839. The van der Waals surface area contributed by atoms with Crippen molar-refractivity contribution in [2.24, 2.45) is 0 Å². The van der Waals surface area contributed by atoms with Gasteiger partial charge in [0.15, 0.2) is 11.5 Å². The molecule has 0 atom stereocenters. The normalized spacial score (nSPS) is 10.2. The van der Waals surface area contributed by atoms with E-state index in [-0.39, 0.29) is 12.4 Å². The molecule has 0 fully saturated rings. The number of carbonyl (C=O) groups excluding carboxylic acids is 2. The van der Waals surface area contributed by atoms with E-state index in [1.807, 2.05) is 6.92 Å². The number of esters is 1. The van der Waals surface area contributed by atoms with Crippen LogP contribution in [0.15, 0.2) is 41.0 Å². The summed E-state index contributed by atoms with van der Waals surface area (Å²) in [6.07, 6.45) is 1.88. The topological polar surface area (TPSA) is 65.7 Å². The number of ether oxygens (including phenoxy) is 2. The zero-order valence-corrected chi connectivity index (χ0v) is 11.9. The van der Waals surface area contributed by atoms with Crippen LogP contribution in [-0.4, -0.2) is 18.9 Å². The molecule has 2 aromatic rings. The summed E-state index contributed by atoms with van der Waals surface area (Å²) in [5.74, 6) is 0.609. The molecule has 0 radical (unpaired) electrons. The number of furan rings is 1. The van der Waals surface area contributed by atoms with Crippen molar-refractivity contribution >= 4 is 11.8 Å². The van der Waals surface area contributed by atoms with E-state index >= 15 is 0 Å². The van der Waals surface area contributed by atoms with Gasteiger partial charge in [-0.15, -0.1) is 0 Å². The van der Waals surface area contributed by atoms with Gasteiger partial charge in [-0.2, -0.15) is 0 Å². The second-order valence-corrected chi connectivity index (χ2v) is 4.34. The molecular formula is C16H16O5. The summed E-state index contributed by atoms with van der Waals surface area (Å²) in [5.41, 5.74) is 0.994. The molecule has 0 unspecified atom stereocenters. The van der Waals surface area contributed by atoms with Gasteiger partial charge in [0.1, 0.15) is 17.9 Å². The lowest BCUT2D eigenvalue weighted by Crippen LogP contribution is -2.05. The molecule has 21 heavy (non-hydrogen) atoms. The molecule has 5 nitrogen and oxygen atoms in total. The average molecular weight is 288 g/mol. The fraction of sp³-hybridized carbons (Fsp3) is 0.250.